The van der Waals surface area contributed by atoms with Crippen LogP contribution < -0.4 is 14.2 Å². The summed E-state index contributed by atoms with van der Waals surface area (Å²) in [5.41, 5.74) is 1.63. The van der Waals surface area contributed by atoms with Crippen molar-refractivity contribution in [3.63, 3.8) is 0 Å². The third-order valence-electron chi connectivity index (χ3n) is 4.56. The summed E-state index contributed by atoms with van der Waals surface area (Å²) < 4.78 is 22.1. The molecule has 0 fully saturated rings. The third kappa shape index (κ3) is 5.75. The van der Waals surface area contributed by atoms with E-state index in [1.165, 1.54) is 0 Å². The lowest BCUT2D eigenvalue weighted by atomic mass is 10.1. The number of carbonyl (C=O) groups excluding carboxylic acids is 1. The van der Waals surface area contributed by atoms with E-state index in [2.05, 4.69) is 4.98 Å². The second-order valence-corrected chi connectivity index (χ2v) is 7.32. The molecule has 0 bridgehead atoms. The average molecular weight is 421 g/mol. The average Bonchev–Trinajstić information content (AvgIpc) is 2.79. The van der Waals surface area contributed by atoms with E-state index in [1.54, 1.807) is 52.1 Å². The lowest BCUT2D eigenvalue weighted by molar-refractivity contribution is -0.158. The molecule has 6 nitrogen and oxygen atoms in total. The Hall–Kier alpha value is -3.54. The van der Waals surface area contributed by atoms with Gasteiger partial charge in [0.05, 0.1) is 25.0 Å². The first-order chi connectivity index (χ1) is 14.9. The van der Waals surface area contributed by atoms with Crippen molar-refractivity contribution in [1.29, 1.82) is 0 Å². The van der Waals surface area contributed by atoms with Crippen molar-refractivity contribution in [2.75, 3.05) is 13.7 Å². The van der Waals surface area contributed by atoms with Crippen LogP contribution in [0.4, 0.5) is 0 Å². The largest absolute Gasteiger partial charge is 0.489 e. The number of carbonyl (C=O) groups is 1. The third-order valence-corrected chi connectivity index (χ3v) is 4.56. The molecule has 1 aromatic heterocycles. The highest BCUT2D eigenvalue weighted by Crippen LogP contribution is 2.26. The second kappa shape index (κ2) is 9.98. The van der Waals surface area contributed by atoms with Crippen LogP contribution in [0.2, 0.25) is 0 Å². The minimum Gasteiger partial charge on any atom is -0.489 e. The summed E-state index contributed by atoms with van der Waals surface area (Å²) in [5.74, 6) is 1.33. The Labute approximate surface area is 182 Å². The Morgan fingerprint density at radius 2 is 1.61 bits per heavy atom. The zero-order chi connectivity index (χ0) is 22.3. The molecule has 0 radical (unpaired) electrons. The van der Waals surface area contributed by atoms with E-state index in [9.17, 15) is 4.79 Å². The molecular weight excluding hydrogens is 394 g/mol. The zero-order valence-electron chi connectivity index (χ0n) is 18.3. The summed E-state index contributed by atoms with van der Waals surface area (Å²) in [4.78, 5) is 16.6. The van der Waals surface area contributed by atoms with Crippen LogP contribution in [0.25, 0.3) is 11.3 Å². The Morgan fingerprint density at radius 3 is 2.26 bits per heavy atom. The van der Waals surface area contributed by atoms with Gasteiger partial charge < -0.3 is 18.9 Å². The molecule has 0 aliphatic heterocycles. The fraction of sp³-hybridized carbons (Fsp3) is 0.280. The zero-order valence-corrected chi connectivity index (χ0v) is 18.3. The van der Waals surface area contributed by atoms with Gasteiger partial charge in [-0.2, -0.15) is 0 Å². The summed E-state index contributed by atoms with van der Waals surface area (Å²) in [5, 5.41) is 0. The Bertz CT molecular complexity index is 1000. The van der Waals surface area contributed by atoms with Gasteiger partial charge in [0.2, 0.25) is 5.88 Å². The van der Waals surface area contributed by atoms with Crippen LogP contribution in [-0.4, -0.2) is 30.3 Å². The molecule has 1 heterocycles. The Balaban J connectivity index is 1.64. The predicted octanol–water partition coefficient (Wildman–Crippen LogP) is 5.06. The van der Waals surface area contributed by atoms with E-state index in [4.69, 9.17) is 18.9 Å². The van der Waals surface area contributed by atoms with E-state index in [0.29, 0.717) is 30.6 Å². The van der Waals surface area contributed by atoms with Gasteiger partial charge in [-0.15, -0.1) is 0 Å². The van der Waals surface area contributed by atoms with Gasteiger partial charge in [0.15, 0.2) is 5.60 Å². The van der Waals surface area contributed by atoms with Crippen LogP contribution in [0.1, 0.15) is 26.3 Å². The van der Waals surface area contributed by atoms with Crippen LogP contribution in [0.3, 0.4) is 0 Å². The Morgan fingerprint density at radius 1 is 0.935 bits per heavy atom. The highest BCUT2D eigenvalue weighted by atomic mass is 16.6. The molecule has 0 atom stereocenters. The van der Waals surface area contributed by atoms with Gasteiger partial charge in [-0.25, -0.2) is 9.78 Å². The smallest absolute Gasteiger partial charge is 0.349 e. The molecule has 0 unspecified atom stereocenters. The fourth-order valence-corrected chi connectivity index (χ4v) is 2.93. The first kappa shape index (κ1) is 22.2. The minimum absolute atomic E-state index is 0.305. The van der Waals surface area contributed by atoms with Crippen molar-refractivity contribution in [2.24, 2.45) is 0 Å². The second-order valence-electron chi connectivity index (χ2n) is 7.32. The molecule has 0 saturated carbocycles. The summed E-state index contributed by atoms with van der Waals surface area (Å²) in [6.45, 7) is 5.73. The standard InChI is InChI=1S/C25H27NO5/c1-5-29-24(27)25(2,3)31-21-14-12-20(13-15-21)30-17-19-11-16-22(26-23(19)28-4)18-9-7-6-8-10-18/h6-16H,5,17H2,1-4H3. The molecule has 0 spiro atoms. The number of hydrogen-bond donors (Lipinski definition) is 0. The van der Waals surface area contributed by atoms with Gasteiger partial charge in [-0.1, -0.05) is 30.3 Å². The summed E-state index contributed by atoms with van der Waals surface area (Å²) >= 11 is 0. The van der Waals surface area contributed by atoms with Gasteiger partial charge in [-0.3, -0.25) is 0 Å². The molecule has 31 heavy (non-hydrogen) atoms. The van der Waals surface area contributed by atoms with Crippen LogP contribution >= 0.6 is 0 Å². The van der Waals surface area contributed by atoms with Crippen LogP contribution in [-0.2, 0) is 16.1 Å². The summed E-state index contributed by atoms with van der Waals surface area (Å²) in [6, 6.07) is 20.9. The van der Waals surface area contributed by atoms with Crippen molar-refractivity contribution in [2.45, 2.75) is 33.0 Å². The van der Waals surface area contributed by atoms with E-state index in [-0.39, 0.29) is 0 Å². The van der Waals surface area contributed by atoms with Crippen molar-refractivity contribution < 1.29 is 23.7 Å². The molecule has 0 aliphatic carbocycles. The maximum atomic E-state index is 12.0. The van der Waals surface area contributed by atoms with Crippen molar-refractivity contribution in [3.8, 4) is 28.6 Å². The number of ether oxygens (including phenoxy) is 4. The highest BCUT2D eigenvalue weighted by Gasteiger charge is 2.31. The van der Waals surface area contributed by atoms with E-state index in [1.807, 2.05) is 42.5 Å². The van der Waals surface area contributed by atoms with Crippen molar-refractivity contribution in [3.05, 3.63) is 72.3 Å². The monoisotopic (exact) mass is 421 g/mol. The number of hydrogen-bond acceptors (Lipinski definition) is 6. The molecule has 0 N–H and O–H groups in total. The highest BCUT2D eigenvalue weighted by molar-refractivity contribution is 5.79. The van der Waals surface area contributed by atoms with Gasteiger partial charge >= 0.3 is 5.97 Å². The first-order valence-electron chi connectivity index (χ1n) is 10.1. The van der Waals surface area contributed by atoms with Gasteiger partial charge in [0.25, 0.3) is 0 Å². The normalized spacial score (nSPS) is 11.0. The predicted molar refractivity (Wildman–Crippen MR) is 118 cm³/mol. The van der Waals surface area contributed by atoms with Gasteiger partial charge in [-0.05, 0) is 57.2 Å². The number of rotatable bonds is 9. The number of pyridine rings is 1. The number of methoxy groups -OCH3 is 1. The van der Waals surface area contributed by atoms with Crippen molar-refractivity contribution >= 4 is 5.97 Å². The minimum atomic E-state index is -1.07. The van der Waals surface area contributed by atoms with Gasteiger partial charge in [0, 0.05) is 5.56 Å². The number of aromatic nitrogens is 1. The molecular formula is C25H27NO5. The van der Waals surface area contributed by atoms with Crippen LogP contribution in [0, 0.1) is 0 Å². The molecule has 162 valence electrons. The Kier molecular flexibility index (Phi) is 7.13. The fourth-order valence-electron chi connectivity index (χ4n) is 2.93. The van der Waals surface area contributed by atoms with E-state index < -0.39 is 11.6 Å². The number of esters is 1. The first-order valence-corrected chi connectivity index (χ1v) is 10.1. The van der Waals surface area contributed by atoms with E-state index >= 15 is 0 Å². The maximum Gasteiger partial charge on any atom is 0.349 e. The lowest BCUT2D eigenvalue weighted by Gasteiger charge is -2.24. The molecule has 0 aliphatic rings. The molecule has 0 amide bonds. The molecule has 0 saturated heterocycles. The lowest BCUT2D eigenvalue weighted by Crippen LogP contribution is -2.39. The number of nitrogens with zero attached hydrogens (tertiary/aromatic N) is 1. The molecule has 3 aromatic rings. The molecule has 3 rings (SSSR count). The van der Waals surface area contributed by atoms with Crippen LogP contribution in [0.15, 0.2) is 66.7 Å². The van der Waals surface area contributed by atoms with Gasteiger partial charge in [0.1, 0.15) is 18.1 Å². The topological polar surface area (TPSA) is 66.9 Å². The van der Waals surface area contributed by atoms with Crippen molar-refractivity contribution in [1.82, 2.24) is 4.98 Å². The maximum absolute atomic E-state index is 12.0. The SMILES string of the molecule is CCOC(=O)C(C)(C)Oc1ccc(OCc2ccc(-c3ccccc3)nc2OC)cc1. The molecule has 6 heteroatoms. The summed E-state index contributed by atoms with van der Waals surface area (Å²) in [6.07, 6.45) is 0. The van der Waals surface area contributed by atoms with Crippen LogP contribution in [0.5, 0.6) is 17.4 Å². The van der Waals surface area contributed by atoms with E-state index in [0.717, 1.165) is 16.8 Å². The quantitative estimate of drug-likeness (QED) is 0.450. The number of benzene rings is 2. The molecule has 2 aromatic carbocycles. The summed E-state index contributed by atoms with van der Waals surface area (Å²) in [7, 11) is 1.60.